The van der Waals surface area contributed by atoms with Crippen molar-refractivity contribution in [2.45, 2.75) is 19.4 Å². The van der Waals surface area contributed by atoms with E-state index in [-0.39, 0.29) is 6.04 Å². The Morgan fingerprint density at radius 2 is 2.39 bits per heavy atom. The van der Waals surface area contributed by atoms with Gasteiger partial charge in [-0.3, -0.25) is 0 Å². The predicted octanol–water partition coefficient (Wildman–Crippen LogP) is 1.35. The number of hydrogen-bond acceptors (Lipinski definition) is 4. The molecule has 0 bridgehead atoms. The third-order valence-electron chi connectivity index (χ3n) is 3.14. The summed E-state index contributed by atoms with van der Waals surface area (Å²) in [5.74, 6) is -0.893. The van der Waals surface area contributed by atoms with Crippen molar-refractivity contribution in [1.82, 2.24) is 0 Å². The number of hydrogen-bond donors (Lipinski definition) is 3. The summed E-state index contributed by atoms with van der Waals surface area (Å²) in [5.41, 5.74) is 8.05. The maximum atomic E-state index is 11.0. The van der Waals surface area contributed by atoms with Crippen LogP contribution in [0.4, 0.5) is 11.4 Å². The number of carboxylic acid groups (broad SMARTS) is 1. The molecule has 0 fully saturated rings. The third kappa shape index (κ3) is 2.73. The van der Waals surface area contributed by atoms with Gasteiger partial charge in [-0.2, -0.15) is 0 Å². The van der Waals surface area contributed by atoms with Gasteiger partial charge >= 0.3 is 5.97 Å². The number of carboxylic acids is 1. The smallest absolute Gasteiger partial charge is 0.335 e. The first kappa shape index (κ1) is 12.7. The van der Waals surface area contributed by atoms with Gasteiger partial charge in [-0.15, -0.1) is 0 Å². The molecule has 2 rings (SSSR count). The van der Waals surface area contributed by atoms with Crippen LogP contribution in [0.2, 0.25) is 0 Å². The Balaban J connectivity index is 2.23. The highest BCUT2D eigenvalue weighted by Crippen LogP contribution is 2.30. The van der Waals surface area contributed by atoms with Gasteiger partial charge in [0.15, 0.2) is 0 Å². The van der Waals surface area contributed by atoms with E-state index in [4.69, 9.17) is 10.8 Å². The fraction of sp³-hybridized carbons (Fsp3) is 0.462. The van der Waals surface area contributed by atoms with Crippen molar-refractivity contribution in [3.63, 3.8) is 0 Å². The summed E-state index contributed by atoms with van der Waals surface area (Å²) in [5, 5.41) is 12.3. The zero-order valence-electron chi connectivity index (χ0n) is 10.5. The molecule has 4 N–H and O–H groups in total. The summed E-state index contributed by atoms with van der Waals surface area (Å²) < 4.78 is 0. The highest BCUT2D eigenvalue weighted by Gasteiger charge is 2.18. The number of benzene rings is 1. The summed E-state index contributed by atoms with van der Waals surface area (Å²) in [6, 6.07) is 5.34. The Hall–Kier alpha value is -1.75. The Labute approximate surface area is 107 Å². The van der Waals surface area contributed by atoms with Gasteiger partial charge in [0.05, 0.1) is 16.9 Å². The van der Waals surface area contributed by atoms with Crippen LogP contribution in [0.5, 0.6) is 0 Å². The summed E-state index contributed by atoms with van der Waals surface area (Å²) in [4.78, 5) is 13.2. The fourth-order valence-electron chi connectivity index (χ4n) is 2.11. The second-order valence-corrected chi connectivity index (χ2v) is 4.72. The molecule has 1 aliphatic heterocycles. The number of nitrogens with zero attached hydrogens (tertiary/aromatic N) is 1. The van der Waals surface area contributed by atoms with Crippen molar-refractivity contribution < 1.29 is 9.90 Å². The van der Waals surface area contributed by atoms with Crippen molar-refractivity contribution in [3.8, 4) is 0 Å². The minimum atomic E-state index is -0.893. The molecule has 0 aromatic heterocycles. The van der Waals surface area contributed by atoms with Crippen LogP contribution in [0.1, 0.15) is 23.7 Å². The molecule has 0 aliphatic carbocycles. The minimum absolute atomic E-state index is 0.158. The molecule has 0 amide bonds. The molecule has 0 radical (unpaired) electrons. The lowest BCUT2D eigenvalue weighted by Crippen LogP contribution is -2.36. The normalized spacial score (nSPS) is 15.8. The second-order valence-electron chi connectivity index (χ2n) is 4.72. The van der Waals surface area contributed by atoms with Gasteiger partial charge in [0.1, 0.15) is 0 Å². The van der Waals surface area contributed by atoms with E-state index in [1.807, 2.05) is 13.0 Å². The number of fused-ring (bicyclic) bond motifs is 1. The first-order valence-electron chi connectivity index (χ1n) is 6.19. The lowest BCUT2D eigenvalue weighted by Gasteiger charge is -2.32. The quantitative estimate of drug-likeness (QED) is 0.750. The van der Waals surface area contributed by atoms with Crippen molar-refractivity contribution in [2.24, 2.45) is 5.73 Å². The lowest BCUT2D eigenvalue weighted by molar-refractivity contribution is 0.0697. The number of nitrogens with two attached hydrogens (primary N) is 1. The average Bonchev–Trinajstić information content (AvgIpc) is 2.35. The topological polar surface area (TPSA) is 78.6 Å². The van der Waals surface area contributed by atoms with E-state index in [0.29, 0.717) is 5.56 Å². The first-order valence-corrected chi connectivity index (χ1v) is 6.19. The SMILES string of the molecule is CC(N)CCN1CCNc2ccc(C(=O)O)cc21. The van der Waals surface area contributed by atoms with Gasteiger partial charge in [-0.25, -0.2) is 4.79 Å². The molecule has 5 heteroatoms. The number of nitrogens with one attached hydrogen (secondary N) is 1. The molecule has 1 aliphatic rings. The first-order chi connectivity index (χ1) is 8.58. The number of rotatable bonds is 4. The molecule has 1 aromatic carbocycles. The van der Waals surface area contributed by atoms with Gasteiger partial charge < -0.3 is 21.1 Å². The zero-order valence-corrected chi connectivity index (χ0v) is 10.5. The zero-order chi connectivity index (χ0) is 13.1. The van der Waals surface area contributed by atoms with E-state index in [1.165, 1.54) is 0 Å². The maximum Gasteiger partial charge on any atom is 0.335 e. The highest BCUT2D eigenvalue weighted by atomic mass is 16.4. The van der Waals surface area contributed by atoms with Crippen LogP contribution in [-0.4, -0.2) is 36.8 Å². The molecule has 18 heavy (non-hydrogen) atoms. The van der Waals surface area contributed by atoms with Crippen LogP contribution < -0.4 is 16.0 Å². The number of aromatic carboxylic acids is 1. The Kier molecular flexibility index (Phi) is 3.72. The molecule has 5 nitrogen and oxygen atoms in total. The van der Waals surface area contributed by atoms with E-state index >= 15 is 0 Å². The molecule has 1 aromatic rings. The molecule has 1 unspecified atom stereocenters. The third-order valence-corrected chi connectivity index (χ3v) is 3.14. The van der Waals surface area contributed by atoms with Crippen molar-refractivity contribution >= 4 is 17.3 Å². The Morgan fingerprint density at radius 1 is 1.61 bits per heavy atom. The summed E-state index contributed by atoms with van der Waals surface area (Å²) in [6.07, 6.45) is 0.900. The molecular formula is C13H19N3O2. The fourth-order valence-corrected chi connectivity index (χ4v) is 2.11. The number of carbonyl (C=O) groups is 1. The van der Waals surface area contributed by atoms with E-state index in [0.717, 1.165) is 37.4 Å². The van der Waals surface area contributed by atoms with Crippen LogP contribution in [0.15, 0.2) is 18.2 Å². The molecular weight excluding hydrogens is 230 g/mol. The van der Waals surface area contributed by atoms with Crippen LogP contribution in [-0.2, 0) is 0 Å². The van der Waals surface area contributed by atoms with Gasteiger partial charge in [0.25, 0.3) is 0 Å². The Bertz CT molecular complexity index is 446. The molecule has 1 heterocycles. The van der Waals surface area contributed by atoms with Gasteiger partial charge in [0.2, 0.25) is 0 Å². The van der Waals surface area contributed by atoms with Crippen LogP contribution >= 0.6 is 0 Å². The van der Waals surface area contributed by atoms with Crippen LogP contribution in [0, 0.1) is 0 Å². The lowest BCUT2D eigenvalue weighted by atomic mass is 10.1. The van der Waals surface area contributed by atoms with E-state index in [9.17, 15) is 4.79 Å². The highest BCUT2D eigenvalue weighted by molar-refractivity contribution is 5.91. The Morgan fingerprint density at radius 3 is 3.06 bits per heavy atom. The number of anilines is 2. The molecule has 98 valence electrons. The van der Waals surface area contributed by atoms with E-state index in [1.54, 1.807) is 12.1 Å². The van der Waals surface area contributed by atoms with Crippen molar-refractivity contribution in [1.29, 1.82) is 0 Å². The van der Waals surface area contributed by atoms with E-state index in [2.05, 4.69) is 10.2 Å². The summed E-state index contributed by atoms with van der Waals surface area (Å²) in [6.45, 7) is 4.59. The predicted molar refractivity (Wildman–Crippen MR) is 72.4 cm³/mol. The maximum absolute atomic E-state index is 11.0. The monoisotopic (exact) mass is 249 g/mol. The molecule has 0 saturated carbocycles. The van der Waals surface area contributed by atoms with Gasteiger partial charge in [-0.05, 0) is 31.5 Å². The molecule has 1 atom stereocenters. The minimum Gasteiger partial charge on any atom is -0.478 e. The van der Waals surface area contributed by atoms with Gasteiger partial charge in [0, 0.05) is 25.7 Å². The standard InChI is InChI=1S/C13H19N3O2/c1-9(14)4-6-16-7-5-15-11-3-2-10(13(17)18)8-12(11)16/h2-3,8-9,15H,4-7,14H2,1H3,(H,17,18). The average molecular weight is 249 g/mol. The van der Waals surface area contributed by atoms with Crippen molar-refractivity contribution in [2.75, 3.05) is 29.9 Å². The molecule has 0 spiro atoms. The molecule has 0 saturated heterocycles. The summed E-state index contributed by atoms with van der Waals surface area (Å²) >= 11 is 0. The second kappa shape index (κ2) is 5.27. The van der Waals surface area contributed by atoms with Crippen LogP contribution in [0.3, 0.4) is 0 Å². The summed E-state index contributed by atoms with van der Waals surface area (Å²) in [7, 11) is 0. The van der Waals surface area contributed by atoms with E-state index < -0.39 is 5.97 Å². The van der Waals surface area contributed by atoms with Crippen LogP contribution in [0.25, 0.3) is 0 Å². The largest absolute Gasteiger partial charge is 0.478 e. The van der Waals surface area contributed by atoms with Gasteiger partial charge in [-0.1, -0.05) is 0 Å². The van der Waals surface area contributed by atoms with Crippen molar-refractivity contribution in [3.05, 3.63) is 23.8 Å².